The molecule has 0 unspecified atom stereocenters. The Bertz CT molecular complexity index is 801. The van der Waals surface area contributed by atoms with Crippen molar-refractivity contribution < 1.29 is 19.4 Å². The van der Waals surface area contributed by atoms with Gasteiger partial charge in [0.2, 0.25) is 0 Å². The van der Waals surface area contributed by atoms with E-state index in [2.05, 4.69) is 0 Å². The number of phenolic OH excluding ortho intramolecular Hbond substituents is 2. The van der Waals surface area contributed by atoms with Gasteiger partial charge in [0.15, 0.2) is 0 Å². The van der Waals surface area contributed by atoms with Crippen LogP contribution in [-0.4, -0.2) is 10.2 Å². The smallest absolute Gasteiger partial charge is 0.145 e. The minimum absolute atomic E-state index is 0.163. The molecule has 0 saturated carbocycles. The lowest BCUT2D eigenvalue weighted by molar-refractivity contribution is 0.298. The Balaban J connectivity index is 2.04. The second-order valence-corrected chi connectivity index (χ2v) is 4.56. The van der Waals surface area contributed by atoms with E-state index in [0.717, 1.165) is 22.3 Å². The van der Waals surface area contributed by atoms with Crippen LogP contribution < -0.4 is 4.74 Å². The number of phenols is 2. The van der Waals surface area contributed by atoms with Gasteiger partial charge >= 0.3 is 0 Å². The molecule has 3 aromatic rings. The summed E-state index contributed by atoms with van der Waals surface area (Å²) in [7, 11) is 0. The van der Waals surface area contributed by atoms with Gasteiger partial charge in [-0.15, -0.1) is 0 Å². The second kappa shape index (κ2) is 3.45. The van der Waals surface area contributed by atoms with Gasteiger partial charge in [0, 0.05) is 17.0 Å². The Morgan fingerprint density at radius 3 is 2.63 bits per heavy atom. The monoisotopic (exact) mass is 254 g/mol. The molecule has 0 spiro atoms. The average Bonchev–Trinajstić information content (AvgIpc) is 2.76. The fourth-order valence-electron chi connectivity index (χ4n) is 2.47. The van der Waals surface area contributed by atoms with Crippen LogP contribution in [0, 0.1) is 0 Å². The van der Waals surface area contributed by atoms with Crippen LogP contribution in [0.25, 0.3) is 22.3 Å². The molecule has 2 aromatic carbocycles. The molecule has 4 nitrogen and oxygen atoms in total. The molecule has 94 valence electrons. The first-order valence-corrected chi connectivity index (χ1v) is 5.93. The summed E-state index contributed by atoms with van der Waals surface area (Å²) in [6, 6.07) is 9.95. The van der Waals surface area contributed by atoms with Crippen molar-refractivity contribution in [3.63, 3.8) is 0 Å². The molecule has 4 heteroatoms. The molecule has 0 radical (unpaired) electrons. The van der Waals surface area contributed by atoms with Gasteiger partial charge in [0.25, 0.3) is 0 Å². The van der Waals surface area contributed by atoms with Crippen LogP contribution in [-0.2, 0) is 6.61 Å². The third-order valence-electron chi connectivity index (χ3n) is 3.36. The highest BCUT2D eigenvalue weighted by Crippen LogP contribution is 2.44. The summed E-state index contributed by atoms with van der Waals surface area (Å²) in [5, 5.41) is 19.9. The molecule has 0 fully saturated rings. The van der Waals surface area contributed by atoms with Gasteiger partial charge in [-0.25, -0.2) is 0 Å². The van der Waals surface area contributed by atoms with Crippen molar-refractivity contribution in [3.8, 4) is 28.6 Å². The van der Waals surface area contributed by atoms with Crippen LogP contribution in [0.1, 0.15) is 5.56 Å². The lowest BCUT2D eigenvalue weighted by Gasteiger charge is -2.16. The van der Waals surface area contributed by atoms with E-state index in [9.17, 15) is 10.2 Å². The zero-order chi connectivity index (χ0) is 13.0. The summed E-state index contributed by atoms with van der Waals surface area (Å²) in [5.41, 5.74) is 2.45. The van der Waals surface area contributed by atoms with E-state index in [1.165, 1.54) is 0 Å². The Morgan fingerprint density at radius 2 is 1.74 bits per heavy atom. The van der Waals surface area contributed by atoms with E-state index in [4.69, 9.17) is 9.15 Å². The molecule has 1 aliphatic rings. The van der Waals surface area contributed by atoms with E-state index in [1.54, 1.807) is 36.4 Å². The molecule has 0 atom stereocenters. The third-order valence-corrected chi connectivity index (χ3v) is 3.36. The molecule has 0 saturated heterocycles. The molecular formula is C15H10O4. The number of ether oxygens (including phenoxy) is 1. The van der Waals surface area contributed by atoms with Gasteiger partial charge < -0.3 is 19.4 Å². The van der Waals surface area contributed by atoms with Crippen molar-refractivity contribution >= 4 is 11.0 Å². The zero-order valence-corrected chi connectivity index (χ0v) is 9.88. The van der Waals surface area contributed by atoms with Gasteiger partial charge in [-0.2, -0.15) is 0 Å². The van der Waals surface area contributed by atoms with E-state index < -0.39 is 0 Å². The van der Waals surface area contributed by atoms with Gasteiger partial charge in [-0.05, 0) is 30.3 Å². The molecule has 19 heavy (non-hydrogen) atoms. The molecule has 2 N–H and O–H groups in total. The maximum atomic E-state index is 9.57. The fourth-order valence-corrected chi connectivity index (χ4v) is 2.47. The lowest BCUT2D eigenvalue weighted by atomic mass is 10.0. The second-order valence-electron chi connectivity index (χ2n) is 4.56. The number of hydrogen-bond donors (Lipinski definition) is 2. The Hall–Kier alpha value is -2.62. The molecule has 1 aromatic heterocycles. The Kier molecular flexibility index (Phi) is 1.87. The van der Waals surface area contributed by atoms with Crippen LogP contribution in [0.2, 0.25) is 0 Å². The van der Waals surface area contributed by atoms with Crippen molar-refractivity contribution in [2.45, 2.75) is 6.61 Å². The van der Waals surface area contributed by atoms with Crippen LogP contribution in [0.3, 0.4) is 0 Å². The van der Waals surface area contributed by atoms with Crippen molar-refractivity contribution in [1.29, 1.82) is 0 Å². The number of benzene rings is 2. The third kappa shape index (κ3) is 1.40. The summed E-state index contributed by atoms with van der Waals surface area (Å²) >= 11 is 0. The van der Waals surface area contributed by atoms with E-state index >= 15 is 0 Å². The predicted molar refractivity (Wildman–Crippen MR) is 69.3 cm³/mol. The lowest BCUT2D eigenvalue weighted by Crippen LogP contribution is -2.03. The van der Waals surface area contributed by atoms with Crippen molar-refractivity contribution in [2.75, 3.05) is 0 Å². The standard InChI is InChI=1S/C15H10O4/c16-8-2-4-13-11(5-8)12-7-18-14-6-9(17)1-3-10(14)15(12)19-13/h1-6,16-17H,7H2. The topological polar surface area (TPSA) is 62.8 Å². The number of furan rings is 1. The number of rotatable bonds is 0. The minimum Gasteiger partial charge on any atom is -0.508 e. The van der Waals surface area contributed by atoms with E-state index in [1.807, 2.05) is 0 Å². The van der Waals surface area contributed by atoms with Crippen LogP contribution in [0.5, 0.6) is 17.2 Å². The van der Waals surface area contributed by atoms with Crippen LogP contribution >= 0.6 is 0 Å². The Morgan fingerprint density at radius 1 is 0.947 bits per heavy atom. The fraction of sp³-hybridized carbons (Fsp3) is 0.0667. The average molecular weight is 254 g/mol. The highest BCUT2D eigenvalue weighted by molar-refractivity contribution is 5.90. The maximum absolute atomic E-state index is 9.57. The van der Waals surface area contributed by atoms with Gasteiger partial charge in [0.1, 0.15) is 35.2 Å². The maximum Gasteiger partial charge on any atom is 0.145 e. The largest absolute Gasteiger partial charge is 0.508 e. The minimum atomic E-state index is 0.163. The normalized spacial score (nSPS) is 12.8. The van der Waals surface area contributed by atoms with Crippen molar-refractivity contribution in [2.24, 2.45) is 0 Å². The van der Waals surface area contributed by atoms with Crippen molar-refractivity contribution in [3.05, 3.63) is 42.0 Å². The van der Waals surface area contributed by atoms with Crippen LogP contribution in [0.4, 0.5) is 0 Å². The van der Waals surface area contributed by atoms with Crippen LogP contribution in [0.15, 0.2) is 40.8 Å². The Labute approximate surface area is 108 Å². The predicted octanol–water partition coefficient (Wildman–Crippen LogP) is 3.40. The highest BCUT2D eigenvalue weighted by atomic mass is 16.5. The molecule has 0 amide bonds. The van der Waals surface area contributed by atoms with Gasteiger partial charge in [-0.1, -0.05) is 0 Å². The number of hydrogen-bond acceptors (Lipinski definition) is 4. The number of aromatic hydroxyl groups is 2. The first-order chi connectivity index (χ1) is 9.22. The summed E-state index contributed by atoms with van der Waals surface area (Å²) in [5.74, 6) is 1.71. The summed E-state index contributed by atoms with van der Waals surface area (Å²) in [6.07, 6.45) is 0. The molecule has 0 aliphatic carbocycles. The van der Waals surface area contributed by atoms with Crippen molar-refractivity contribution in [1.82, 2.24) is 0 Å². The van der Waals surface area contributed by atoms with Gasteiger partial charge in [-0.3, -0.25) is 0 Å². The first-order valence-electron chi connectivity index (χ1n) is 5.93. The van der Waals surface area contributed by atoms with E-state index in [-0.39, 0.29) is 11.5 Å². The summed E-state index contributed by atoms with van der Waals surface area (Å²) < 4.78 is 11.5. The first kappa shape index (κ1) is 10.3. The summed E-state index contributed by atoms with van der Waals surface area (Å²) in [6.45, 7) is 0.363. The quantitative estimate of drug-likeness (QED) is 0.645. The summed E-state index contributed by atoms with van der Waals surface area (Å²) in [4.78, 5) is 0. The molecule has 0 bridgehead atoms. The van der Waals surface area contributed by atoms with E-state index in [0.29, 0.717) is 17.9 Å². The SMILES string of the molecule is Oc1ccc2c(c1)OCc1c-2oc2ccc(O)cc12. The van der Waals surface area contributed by atoms with Gasteiger partial charge in [0.05, 0.1) is 5.56 Å². The molecule has 4 rings (SSSR count). The molecular weight excluding hydrogens is 244 g/mol. The zero-order valence-electron chi connectivity index (χ0n) is 9.88. The number of fused-ring (bicyclic) bond motifs is 5. The molecule has 1 aliphatic heterocycles. The molecule has 2 heterocycles. The highest BCUT2D eigenvalue weighted by Gasteiger charge is 2.24.